The fourth-order valence-corrected chi connectivity index (χ4v) is 4.34. The van der Waals surface area contributed by atoms with Crippen LogP contribution in [0.15, 0.2) is 16.8 Å². The van der Waals surface area contributed by atoms with E-state index in [0.717, 1.165) is 19.5 Å². The van der Waals surface area contributed by atoms with Crippen LogP contribution >= 0.6 is 23.7 Å². The number of nitrogens with one attached hydrogen (secondary N) is 1. The molecule has 1 saturated carbocycles. The highest BCUT2D eigenvalue weighted by Crippen LogP contribution is 2.56. The molecule has 2 aliphatic rings. The van der Waals surface area contributed by atoms with Crippen LogP contribution < -0.4 is 5.32 Å². The van der Waals surface area contributed by atoms with E-state index < -0.39 is 0 Å². The molecule has 1 spiro atoms. The van der Waals surface area contributed by atoms with Gasteiger partial charge in [-0.25, -0.2) is 0 Å². The Morgan fingerprint density at radius 2 is 2.12 bits per heavy atom. The lowest BCUT2D eigenvalue weighted by Crippen LogP contribution is -2.40. The molecular formula is C18H29ClN2O3S. The zero-order valence-corrected chi connectivity index (χ0v) is 16.5. The second-order valence-electron chi connectivity index (χ2n) is 6.74. The Morgan fingerprint density at radius 3 is 2.80 bits per heavy atom. The molecule has 5 nitrogen and oxygen atoms in total. The molecule has 1 N–H and O–H groups in total. The normalized spacial score (nSPS) is 20.9. The third kappa shape index (κ3) is 5.41. The van der Waals surface area contributed by atoms with Crippen LogP contribution in [0, 0.1) is 5.41 Å². The molecule has 0 bridgehead atoms. The molecule has 142 valence electrons. The van der Waals surface area contributed by atoms with Gasteiger partial charge < -0.3 is 19.7 Å². The van der Waals surface area contributed by atoms with Crippen molar-refractivity contribution in [2.24, 2.45) is 5.41 Å². The first kappa shape index (κ1) is 20.6. The number of thiophene rings is 1. The largest absolute Gasteiger partial charge is 0.379 e. The number of halogens is 1. The van der Waals surface area contributed by atoms with Crippen molar-refractivity contribution in [2.75, 3.05) is 39.5 Å². The molecule has 0 radical (unpaired) electrons. The van der Waals surface area contributed by atoms with E-state index in [-0.39, 0.29) is 24.9 Å². The van der Waals surface area contributed by atoms with Crippen molar-refractivity contribution in [1.82, 2.24) is 10.2 Å². The topological polar surface area (TPSA) is 50.8 Å². The molecule has 0 aromatic carbocycles. The lowest BCUT2D eigenvalue weighted by atomic mass is 9.93. The molecular weight excluding hydrogens is 360 g/mol. The van der Waals surface area contributed by atoms with E-state index in [2.05, 4.69) is 27.0 Å². The minimum absolute atomic E-state index is 0. The Bertz CT molecular complexity index is 520. The van der Waals surface area contributed by atoms with E-state index in [0.29, 0.717) is 37.8 Å². The Kier molecular flexibility index (Phi) is 8.16. The maximum Gasteiger partial charge on any atom is 0.249 e. The number of rotatable bonds is 9. The number of ether oxygens (including phenoxy) is 2. The average molecular weight is 389 g/mol. The molecule has 25 heavy (non-hydrogen) atoms. The molecule has 2 heterocycles. The quantitative estimate of drug-likeness (QED) is 0.661. The van der Waals surface area contributed by atoms with Crippen molar-refractivity contribution in [2.45, 2.75) is 38.8 Å². The van der Waals surface area contributed by atoms with Gasteiger partial charge in [0, 0.05) is 19.2 Å². The van der Waals surface area contributed by atoms with Crippen molar-refractivity contribution < 1.29 is 14.3 Å². The zero-order chi connectivity index (χ0) is 16.8. The van der Waals surface area contributed by atoms with E-state index >= 15 is 0 Å². The Labute approximate surface area is 160 Å². The Balaban J connectivity index is 0.00000225. The van der Waals surface area contributed by atoms with E-state index in [1.807, 2.05) is 6.92 Å². The molecule has 1 aromatic rings. The van der Waals surface area contributed by atoms with Gasteiger partial charge in [0.1, 0.15) is 6.61 Å². The van der Waals surface area contributed by atoms with E-state index in [1.54, 1.807) is 11.3 Å². The minimum Gasteiger partial charge on any atom is -0.379 e. The van der Waals surface area contributed by atoms with E-state index in [9.17, 15) is 4.79 Å². The number of piperidine rings is 1. The molecule has 1 aliphatic carbocycles. The Morgan fingerprint density at radius 1 is 1.36 bits per heavy atom. The summed E-state index contributed by atoms with van der Waals surface area (Å²) in [5.41, 5.74) is 1.57. The fraction of sp³-hybridized carbons (Fsp3) is 0.722. The third-order valence-electron chi connectivity index (χ3n) is 5.18. The summed E-state index contributed by atoms with van der Waals surface area (Å²) in [7, 11) is 0. The summed E-state index contributed by atoms with van der Waals surface area (Å²) < 4.78 is 10.8. The van der Waals surface area contributed by atoms with Crippen molar-refractivity contribution in [3.63, 3.8) is 0 Å². The van der Waals surface area contributed by atoms with Crippen molar-refractivity contribution in [1.29, 1.82) is 0 Å². The van der Waals surface area contributed by atoms with Gasteiger partial charge in [-0.2, -0.15) is 11.3 Å². The van der Waals surface area contributed by atoms with Gasteiger partial charge in [0.2, 0.25) is 5.91 Å². The first-order valence-corrected chi connectivity index (χ1v) is 9.86. The SMILES string of the molecule is CCOCCOCC(=O)N(Cc1ccsc1)C1CC12CCNCC2.Cl. The average Bonchev–Trinajstić information content (AvgIpc) is 3.03. The number of carbonyl (C=O) groups is 1. The predicted octanol–water partition coefficient (Wildman–Crippen LogP) is 2.69. The lowest BCUT2D eigenvalue weighted by molar-refractivity contribution is -0.138. The molecule has 1 saturated heterocycles. The molecule has 1 aromatic heterocycles. The smallest absolute Gasteiger partial charge is 0.249 e. The van der Waals surface area contributed by atoms with Crippen LogP contribution in [0.3, 0.4) is 0 Å². The molecule has 3 rings (SSSR count). The highest BCUT2D eigenvalue weighted by Gasteiger charge is 2.57. The minimum atomic E-state index is 0. The molecule has 1 unspecified atom stereocenters. The summed E-state index contributed by atoms with van der Waals surface area (Å²) in [4.78, 5) is 14.8. The highest BCUT2D eigenvalue weighted by molar-refractivity contribution is 7.07. The molecule has 1 aliphatic heterocycles. The lowest BCUT2D eigenvalue weighted by Gasteiger charge is -2.29. The second kappa shape index (κ2) is 9.88. The van der Waals surface area contributed by atoms with Crippen LogP contribution in [0.2, 0.25) is 0 Å². The van der Waals surface area contributed by atoms with Gasteiger partial charge in [0.25, 0.3) is 0 Å². The van der Waals surface area contributed by atoms with Crippen LogP contribution in [-0.2, 0) is 20.8 Å². The highest BCUT2D eigenvalue weighted by atomic mass is 35.5. The van der Waals surface area contributed by atoms with Crippen LogP contribution in [0.5, 0.6) is 0 Å². The van der Waals surface area contributed by atoms with E-state index in [1.165, 1.54) is 18.4 Å². The molecule has 1 amide bonds. The second-order valence-corrected chi connectivity index (χ2v) is 7.52. The third-order valence-corrected chi connectivity index (χ3v) is 5.91. The van der Waals surface area contributed by atoms with Crippen LogP contribution in [0.25, 0.3) is 0 Å². The number of amides is 1. The summed E-state index contributed by atoms with van der Waals surface area (Å²) in [6.45, 7) is 6.67. The van der Waals surface area contributed by atoms with Gasteiger partial charge >= 0.3 is 0 Å². The maximum atomic E-state index is 12.8. The number of carbonyl (C=O) groups excluding carboxylic acids is 1. The number of hydrogen-bond acceptors (Lipinski definition) is 5. The summed E-state index contributed by atoms with van der Waals surface area (Å²) in [5, 5.41) is 7.63. The molecule has 1 atom stereocenters. The number of hydrogen-bond donors (Lipinski definition) is 1. The molecule has 7 heteroatoms. The summed E-state index contributed by atoms with van der Waals surface area (Å²) in [6, 6.07) is 2.49. The van der Waals surface area contributed by atoms with Gasteiger partial charge in [0.15, 0.2) is 0 Å². The van der Waals surface area contributed by atoms with Crippen molar-refractivity contribution in [3.8, 4) is 0 Å². The molecule has 2 fully saturated rings. The summed E-state index contributed by atoms with van der Waals surface area (Å²) in [6.07, 6.45) is 3.50. The van der Waals surface area contributed by atoms with Gasteiger partial charge in [-0.1, -0.05) is 0 Å². The van der Waals surface area contributed by atoms with Gasteiger partial charge in [-0.15, -0.1) is 12.4 Å². The first-order chi connectivity index (χ1) is 11.7. The fourth-order valence-electron chi connectivity index (χ4n) is 3.69. The van der Waals surface area contributed by atoms with E-state index in [4.69, 9.17) is 9.47 Å². The Hall–Kier alpha value is -0.660. The standard InChI is InChI=1S/C18H28N2O3S.ClH/c1-2-22-8-9-23-13-17(21)20(12-15-3-10-24-14-15)16-11-18(16)4-6-19-7-5-18;/h3,10,14,16,19H,2,4-9,11-13H2,1H3;1H. The monoisotopic (exact) mass is 388 g/mol. The predicted molar refractivity (Wildman–Crippen MR) is 102 cm³/mol. The van der Waals surface area contributed by atoms with Gasteiger partial charge in [0.05, 0.1) is 13.2 Å². The summed E-state index contributed by atoms with van der Waals surface area (Å²) >= 11 is 1.68. The maximum absolute atomic E-state index is 12.8. The van der Waals surface area contributed by atoms with Crippen molar-refractivity contribution >= 4 is 29.7 Å². The number of nitrogens with zero attached hydrogens (tertiary/aromatic N) is 1. The van der Waals surface area contributed by atoms with Gasteiger partial charge in [-0.3, -0.25) is 4.79 Å². The van der Waals surface area contributed by atoms with Crippen LogP contribution in [0.1, 0.15) is 31.7 Å². The first-order valence-electron chi connectivity index (χ1n) is 8.92. The zero-order valence-electron chi connectivity index (χ0n) is 14.9. The van der Waals surface area contributed by atoms with Gasteiger partial charge in [-0.05, 0) is 67.1 Å². The van der Waals surface area contributed by atoms with Crippen LogP contribution in [0.4, 0.5) is 0 Å². The van der Waals surface area contributed by atoms with Crippen LogP contribution in [-0.4, -0.2) is 56.4 Å². The summed E-state index contributed by atoms with van der Waals surface area (Å²) in [5.74, 6) is 0.109. The van der Waals surface area contributed by atoms with Crippen molar-refractivity contribution in [3.05, 3.63) is 22.4 Å².